The summed E-state index contributed by atoms with van der Waals surface area (Å²) in [6.45, 7) is 0.825. The predicted molar refractivity (Wildman–Crippen MR) is 83.1 cm³/mol. The molecule has 0 aliphatic carbocycles. The largest absolute Gasteiger partial charge is 0.326 e. The Morgan fingerprint density at radius 3 is 2.84 bits per heavy atom. The summed E-state index contributed by atoms with van der Waals surface area (Å²) in [4.78, 5) is 5.65. The van der Waals surface area contributed by atoms with E-state index >= 15 is 0 Å². The summed E-state index contributed by atoms with van der Waals surface area (Å²) in [7, 11) is 0. The van der Waals surface area contributed by atoms with Gasteiger partial charge >= 0.3 is 0 Å². The van der Waals surface area contributed by atoms with Crippen LogP contribution in [-0.2, 0) is 6.54 Å². The van der Waals surface area contributed by atoms with Gasteiger partial charge in [0.25, 0.3) is 0 Å². The Morgan fingerprint density at radius 2 is 2.11 bits per heavy atom. The highest BCUT2D eigenvalue weighted by molar-refractivity contribution is 9.10. The average Bonchev–Trinajstić information content (AvgIpc) is 3.01. The number of rotatable bonds is 4. The van der Waals surface area contributed by atoms with E-state index in [-0.39, 0.29) is 0 Å². The molecule has 5 heteroatoms. The van der Waals surface area contributed by atoms with Crippen LogP contribution in [0.3, 0.4) is 0 Å². The molecule has 3 rings (SSSR count). The monoisotopic (exact) mass is 333 g/mol. The van der Waals surface area contributed by atoms with Crippen molar-refractivity contribution in [3.8, 4) is 0 Å². The van der Waals surface area contributed by atoms with E-state index in [4.69, 9.17) is 0 Å². The SMILES string of the molecule is Brc1csc(Cn2ccnc2Nc2ccccc2)c1. The normalized spacial score (nSPS) is 10.6. The zero-order valence-corrected chi connectivity index (χ0v) is 12.5. The van der Waals surface area contributed by atoms with Crippen molar-refractivity contribution in [1.29, 1.82) is 0 Å². The summed E-state index contributed by atoms with van der Waals surface area (Å²) in [5.41, 5.74) is 1.04. The first-order chi connectivity index (χ1) is 9.31. The van der Waals surface area contributed by atoms with Crippen LogP contribution in [0.4, 0.5) is 11.6 Å². The number of hydrogen-bond acceptors (Lipinski definition) is 3. The molecule has 0 aliphatic rings. The third kappa shape index (κ3) is 3.05. The van der Waals surface area contributed by atoms with Crippen molar-refractivity contribution in [2.45, 2.75) is 6.54 Å². The Hall–Kier alpha value is -1.59. The van der Waals surface area contributed by atoms with Crippen LogP contribution in [0.2, 0.25) is 0 Å². The van der Waals surface area contributed by atoms with Gasteiger partial charge in [-0.1, -0.05) is 18.2 Å². The molecule has 0 radical (unpaired) electrons. The first kappa shape index (κ1) is 12.4. The number of anilines is 2. The van der Waals surface area contributed by atoms with Gasteiger partial charge in [0.05, 0.1) is 6.54 Å². The highest BCUT2D eigenvalue weighted by atomic mass is 79.9. The third-order valence-corrected chi connectivity index (χ3v) is 4.38. The van der Waals surface area contributed by atoms with E-state index in [2.05, 4.69) is 42.2 Å². The first-order valence-corrected chi connectivity index (χ1v) is 7.54. The first-order valence-electron chi connectivity index (χ1n) is 5.87. The molecule has 1 aromatic carbocycles. The number of imidazole rings is 1. The third-order valence-electron chi connectivity index (χ3n) is 2.69. The van der Waals surface area contributed by atoms with E-state index in [1.807, 2.05) is 42.7 Å². The fourth-order valence-electron chi connectivity index (χ4n) is 1.82. The lowest BCUT2D eigenvalue weighted by molar-refractivity contribution is 0.820. The number of halogens is 1. The Morgan fingerprint density at radius 1 is 1.26 bits per heavy atom. The Balaban J connectivity index is 1.79. The van der Waals surface area contributed by atoms with Crippen LogP contribution in [0.25, 0.3) is 0 Å². The lowest BCUT2D eigenvalue weighted by atomic mass is 10.3. The maximum atomic E-state index is 4.36. The van der Waals surface area contributed by atoms with Crippen LogP contribution < -0.4 is 5.32 Å². The van der Waals surface area contributed by atoms with Crippen LogP contribution in [0, 0.1) is 0 Å². The van der Waals surface area contributed by atoms with Gasteiger partial charge in [0, 0.05) is 32.8 Å². The van der Waals surface area contributed by atoms with E-state index in [0.717, 1.165) is 22.7 Å². The summed E-state index contributed by atoms with van der Waals surface area (Å²) in [5, 5.41) is 5.42. The Kier molecular flexibility index (Phi) is 3.66. The molecule has 0 spiro atoms. The number of thiophene rings is 1. The number of nitrogens with one attached hydrogen (secondary N) is 1. The van der Waals surface area contributed by atoms with Crippen LogP contribution in [-0.4, -0.2) is 9.55 Å². The lowest BCUT2D eigenvalue weighted by Crippen LogP contribution is -2.03. The summed E-state index contributed by atoms with van der Waals surface area (Å²) in [6.07, 6.45) is 3.80. The molecule has 0 bridgehead atoms. The van der Waals surface area contributed by atoms with Gasteiger partial charge < -0.3 is 9.88 Å². The van der Waals surface area contributed by atoms with Gasteiger partial charge in [-0.2, -0.15) is 0 Å². The van der Waals surface area contributed by atoms with Crippen LogP contribution in [0.5, 0.6) is 0 Å². The molecular formula is C14H12BrN3S. The van der Waals surface area contributed by atoms with Crippen molar-refractivity contribution in [2.75, 3.05) is 5.32 Å². The summed E-state index contributed by atoms with van der Waals surface area (Å²) in [6, 6.07) is 12.2. The molecule has 0 fully saturated rings. The fourth-order valence-corrected chi connectivity index (χ4v) is 3.26. The molecule has 2 heterocycles. The second-order valence-corrected chi connectivity index (χ2v) is 6.01. The van der Waals surface area contributed by atoms with Gasteiger partial charge in [-0.15, -0.1) is 11.3 Å². The molecule has 96 valence electrons. The molecule has 0 unspecified atom stereocenters. The van der Waals surface area contributed by atoms with Crippen LogP contribution >= 0.6 is 27.3 Å². The van der Waals surface area contributed by atoms with Crippen molar-refractivity contribution >= 4 is 38.9 Å². The molecule has 3 nitrogen and oxygen atoms in total. The molecule has 0 atom stereocenters. The smallest absolute Gasteiger partial charge is 0.207 e. The quantitative estimate of drug-likeness (QED) is 0.761. The Bertz CT molecular complexity index is 660. The zero-order chi connectivity index (χ0) is 13.1. The molecule has 0 saturated heterocycles. The summed E-state index contributed by atoms with van der Waals surface area (Å²) >= 11 is 5.22. The van der Waals surface area contributed by atoms with E-state index < -0.39 is 0 Å². The van der Waals surface area contributed by atoms with E-state index in [0.29, 0.717) is 0 Å². The molecule has 19 heavy (non-hydrogen) atoms. The Labute approximate surface area is 124 Å². The highest BCUT2D eigenvalue weighted by Gasteiger charge is 2.05. The standard InChI is InChI=1S/C14H12BrN3S/c15-11-8-13(19-10-11)9-18-7-6-16-14(18)17-12-4-2-1-3-5-12/h1-8,10H,9H2,(H,16,17). The van der Waals surface area contributed by atoms with Gasteiger partial charge in [0.2, 0.25) is 5.95 Å². The minimum Gasteiger partial charge on any atom is -0.326 e. The molecule has 0 saturated carbocycles. The van der Waals surface area contributed by atoms with Crippen LogP contribution in [0.1, 0.15) is 4.88 Å². The molecule has 2 aromatic heterocycles. The van der Waals surface area contributed by atoms with Crippen molar-refractivity contribution in [2.24, 2.45) is 0 Å². The lowest BCUT2D eigenvalue weighted by Gasteiger charge is -2.08. The van der Waals surface area contributed by atoms with Crippen molar-refractivity contribution < 1.29 is 0 Å². The van der Waals surface area contributed by atoms with Gasteiger partial charge in [0.15, 0.2) is 0 Å². The van der Waals surface area contributed by atoms with Crippen molar-refractivity contribution in [3.63, 3.8) is 0 Å². The number of nitrogens with zero attached hydrogens (tertiary/aromatic N) is 2. The molecule has 3 aromatic rings. The van der Waals surface area contributed by atoms with E-state index in [1.54, 1.807) is 11.3 Å². The number of para-hydroxylation sites is 1. The van der Waals surface area contributed by atoms with Gasteiger partial charge in [0.1, 0.15) is 0 Å². The van der Waals surface area contributed by atoms with Crippen molar-refractivity contribution in [3.05, 3.63) is 63.5 Å². The van der Waals surface area contributed by atoms with Crippen LogP contribution in [0.15, 0.2) is 58.6 Å². The number of aromatic nitrogens is 2. The molecule has 0 aliphatic heterocycles. The maximum Gasteiger partial charge on any atom is 0.207 e. The molecule has 0 amide bonds. The van der Waals surface area contributed by atoms with E-state index in [1.165, 1.54) is 4.88 Å². The second-order valence-electron chi connectivity index (χ2n) is 4.10. The minimum atomic E-state index is 0.825. The number of benzene rings is 1. The zero-order valence-electron chi connectivity index (χ0n) is 10.1. The fraction of sp³-hybridized carbons (Fsp3) is 0.0714. The summed E-state index contributed by atoms with van der Waals surface area (Å²) < 4.78 is 3.23. The topological polar surface area (TPSA) is 29.9 Å². The summed E-state index contributed by atoms with van der Waals surface area (Å²) in [5.74, 6) is 0.857. The minimum absolute atomic E-state index is 0.825. The molecule has 1 N–H and O–H groups in total. The van der Waals surface area contributed by atoms with Gasteiger partial charge in [-0.25, -0.2) is 4.98 Å². The number of hydrogen-bond donors (Lipinski definition) is 1. The average molecular weight is 334 g/mol. The second kappa shape index (κ2) is 5.59. The van der Waals surface area contributed by atoms with Gasteiger partial charge in [-0.05, 0) is 34.1 Å². The highest BCUT2D eigenvalue weighted by Crippen LogP contribution is 2.22. The molecular weight excluding hydrogens is 322 g/mol. The predicted octanol–water partition coefficient (Wildman–Crippen LogP) is 4.50. The van der Waals surface area contributed by atoms with Crippen molar-refractivity contribution in [1.82, 2.24) is 9.55 Å². The van der Waals surface area contributed by atoms with E-state index in [9.17, 15) is 0 Å². The van der Waals surface area contributed by atoms with Gasteiger partial charge in [-0.3, -0.25) is 0 Å². The maximum absolute atomic E-state index is 4.36.